The van der Waals surface area contributed by atoms with Gasteiger partial charge in [0, 0.05) is 5.92 Å². The number of hydrogen-bond donors (Lipinski definition) is 1. The fraction of sp³-hybridized carbons (Fsp3) is 0.533. The van der Waals surface area contributed by atoms with Gasteiger partial charge in [-0.3, -0.25) is 4.99 Å². The van der Waals surface area contributed by atoms with Gasteiger partial charge in [-0.2, -0.15) is 0 Å². The van der Waals surface area contributed by atoms with Crippen molar-refractivity contribution in [2.75, 3.05) is 0 Å². The van der Waals surface area contributed by atoms with Crippen molar-refractivity contribution in [1.82, 2.24) is 0 Å². The Morgan fingerprint density at radius 3 is 2.44 bits per heavy atom. The van der Waals surface area contributed by atoms with E-state index in [1.165, 1.54) is 31.4 Å². The molecule has 1 aromatic carbocycles. The first-order chi connectivity index (χ1) is 8.66. The van der Waals surface area contributed by atoms with Crippen LogP contribution < -0.4 is 5.73 Å². The van der Waals surface area contributed by atoms with E-state index in [-0.39, 0.29) is 11.9 Å². The maximum atomic E-state index is 12.8. The lowest BCUT2D eigenvalue weighted by Crippen LogP contribution is -2.26. The molecule has 1 unspecified atom stereocenters. The van der Waals surface area contributed by atoms with Crippen LogP contribution in [-0.4, -0.2) is 5.84 Å². The number of halogens is 1. The van der Waals surface area contributed by atoms with Crippen LogP contribution in [0.3, 0.4) is 0 Å². The zero-order valence-corrected chi connectivity index (χ0v) is 10.9. The normalized spacial score (nSPS) is 19.8. The number of benzene rings is 1. The van der Waals surface area contributed by atoms with E-state index in [2.05, 4.69) is 4.99 Å². The quantitative estimate of drug-likeness (QED) is 0.641. The summed E-state index contributed by atoms with van der Waals surface area (Å²) in [6, 6.07) is 6.50. The van der Waals surface area contributed by atoms with Gasteiger partial charge >= 0.3 is 0 Å². The SMILES string of the molecule is CC(N=C(N)C1CCCCC1)c1ccc(F)cc1. The predicted octanol–water partition coefficient (Wildman–Crippen LogP) is 3.82. The lowest BCUT2D eigenvalue weighted by molar-refractivity contribution is 0.435. The van der Waals surface area contributed by atoms with Crippen LogP contribution in [0.2, 0.25) is 0 Å². The summed E-state index contributed by atoms with van der Waals surface area (Å²) in [5.74, 6) is 1.00. The van der Waals surface area contributed by atoms with Crippen molar-refractivity contribution < 1.29 is 4.39 Å². The zero-order valence-electron chi connectivity index (χ0n) is 10.9. The van der Waals surface area contributed by atoms with Gasteiger partial charge in [0.15, 0.2) is 0 Å². The van der Waals surface area contributed by atoms with Crippen LogP contribution >= 0.6 is 0 Å². The predicted molar refractivity (Wildman–Crippen MR) is 73.0 cm³/mol. The topological polar surface area (TPSA) is 38.4 Å². The molecule has 0 bridgehead atoms. The highest BCUT2D eigenvalue weighted by molar-refractivity contribution is 5.83. The molecule has 2 N–H and O–H groups in total. The van der Waals surface area contributed by atoms with E-state index in [1.54, 1.807) is 12.1 Å². The Balaban J connectivity index is 2.04. The largest absolute Gasteiger partial charge is 0.387 e. The van der Waals surface area contributed by atoms with Gasteiger partial charge in [0.1, 0.15) is 5.82 Å². The van der Waals surface area contributed by atoms with Crippen molar-refractivity contribution in [2.45, 2.75) is 45.1 Å². The maximum Gasteiger partial charge on any atom is 0.123 e. The summed E-state index contributed by atoms with van der Waals surface area (Å²) in [4.78, 5) is 4.57. The van der Waals surface area contributed by atoms with Gasteiger partial charge in [-0.15, -0.1) is 0 Å². The van der Waals surface area contributed by atoms with Gasteiger partial charge in [-0.25, -0.2) is 4.39 Å². The van der Waals surface area contributed by atoms with Gasteiger partial charge in [0.2, 0.25) is 0 Å². The third-order valence-corrected chi connectivity index (χ3v) is 3.72. The molecule has 0 aliphatic heterocycles. The molecule has 1 saturated carbocycles. The number of nitrogens with zero attached hydrogens (tertiary/aromatic N) is 1. The van der Waals surface area contributed by atoms with Crippen LogP contribution in [0.25, 0.3) is 0 Å². The molecule has 0 heterocycles. The molecule has 18 heavy (non-hydrogen) atoms. The second-order valence-corrected chi connectivity index (χ2v) is 5.12. The summed E-state index contributed by atoms with van der Waals surface area (Å²) in [6.45, 7) is 2.00. The Labute approximate surface area is 108 Å². The minimum absolute atomic E-state index is 0.00697. The van der Waals surface area contributed by atoms with Crippen LogP contribution in [0.5, 0.6) is 0 Å². The minimum atomic E-state index is -0.213. The molecule has 0 radical (unpaired) electrons. The molecule has 1 atom stereocenters. The molecule has 3 heteroatoms. The molecule has 0 aromatic heterocycles. The van der Waals surface area contributed by atoms with Crippen molar-refractivity contribution in [3.05, 3.63) is 35.6 Å². The zero-order chi connectivity index (χ0) is 13.0. The minimum Gasteiger partial charge on any atom is -0.387 e. The van der Waals surface area contributed by atoms with Crippen molar-refractivity contribution >= 4 is 5.84 Å². The lowest BCUT2D eigenvalue weighted by Gasteiger charge is -2.22. The number of rotatable bonds is 3. The van der Waals surface area contributed by atoms with Gasteiger partial charge in [0.25, 0.3) is 0 Å². The third kappa shape index (κ3) is 3.31. The number of aliphatic imine (C=N–C) groups is 1. The highest BCUT2D eigenvalue weighted by atomic mass is 19.1. The van der Waals surface area contributed by atoms with Crippen LogP contribution in [0.1, 0.15) is 50.6 Å². The second-order valence-electron chi connectivity index (χ2n) is 5.12. The Bertz CT molecular complexity index is 405. The average Bonchev–Trinajstić information content (AvgIpc) is 2.40. The summed E-state index contributed by atoms with van der Waals surface area (Å²) in [5, 5.41) is 0. The Hall–Kier alpha value is -1.38. The molecular formula is C15H21FN2. The third-order valence-electron chi connectivity index (χ3n) is 3.72. The first-order valence-electron chi connectivity index (χ1n) is 6.75. The number of nitrogens with two attached hydrogens (primary N) is 1. The van der Waals surface area contributed by atoms with E-state index in [0.29, 0.717) is 5.92 Å². The first kappa shape index (κ1) is 13.1. The number of hydrogen-bond acceptors (Lipinski definition) is 1. The van der Waals surface area contributed by atoms with Crippen molar-refractivity contribution in [1.29, 1.82) is 0 Å². The Kier molecular flexibility index (Phi) is 4.34. The van der Waals surface area contributed by atoms with Crippen LogP contribution in [-0.2, 0) is 0 Å². The van der Waals surface area contributed by atoms with Gasteiger partial charge in [0.05, 0.1) is 11.9 Å². The fourth-order valence-corrected chi connectivity index (χ4v) is 2.54. The van der Waals surface area contributed by atoms with Crippen LogP contribution in [0, 0.1) is 11.7 Å². The highest BCUT2D eigenvalue weighted by Crippen LogP contribution is 2.25. The van der Waals surface area contributed by atoms with E-state index in [0.717, 1.165) is 24.2 Å². The van der Waals surface area contributed by atoms with Crippen molar-refractivity contribution in [3.8, 4) is 0 Å². The molecule has 0 saturated heterocycles. The molecule has 0 amide bonds. The Morgan fingerprint density at radius 1 is 1.22 bits per heavy atom. The highest BCUT2D eigenvalue weighted by Gasteiger charge is 2.17. The van der Waals surface area contributed by atoms with Gasteiger partial charge < -0.3 is 5.73 Å². The maximum absolute atomic E-state index is 12.8. The molecule has 0 spiro atoms. The lowest BCUT2D eigenvalue weighted by atomic mass is 9.88. The van der Waals surface area contributed by atoms with E-state index < -0.39 is 0 Å². The molecule has 1 fully saturated rings. The molecule has 1 aromatic rings. The number of amidine groups is 1. The summed E-state index contributed by atoms with van der Waals surface area (Å²) in [6.07, 6.45) is 6.14. The van der Waals surface area contributed by atoms with Crippen LogP contribution in [0.4, 0.5) is 4.39 Å². The molecule has 2 rings (SSSR count). The summed E-state index contributed by atoms with van der Waals surface area (Å²) < 4.78 is 12.8. The monoisotopic (exact) mass is 248 g/mol. The van der Waals surface area contributed by atoms with Crippen molar-refractivity contribution in [2.24, 2.45) is 16.6 Å². The first-order valence-corrected chi connectivity index (χ1v) is 6.75. The second kappa shape index (κ2) is 5.98. The molecule has 1 aliphatic rings. The Morgan fingerprint density at radius 2 is 1.83 bits per heavy atom. The molecular weight excluding hydrogens is 227 g/mol. The standard InChI is InChI=1S/C15H21FN2/c1-11(12-7-9-14(16)10-8-12)18-15(17)13-5-3-2-4-6-13/h7-11,13H,2-6H2,1H3,(H2,17,18). The summed E-state index contributed by atoms with van der Waals surface area (Å²) >= 11 is 0. The molecule has 98 valence electrons. The molecule has 1 aliphatic carbocycles. The smallest absolute Gasteiger partial charge is 0.123 e. The van der Waals surface area contributed by atoms with E-state index in [4.69, 9.17) is 5.73 Å². The van der Waals surface area contributed by atoms with Gasteiger partial charge in [-0.05, 0) is 37.5 Å². The summed E-state index contributed by atoms with van der Waals surface area (Å²) in [7, 11) is 0. The summed E-state index contributed by atoms with van der Waals surface area (Å²) in [5.41, 5.74) is 7.10. The van der Waals surface area contributed by atoms with Crippen LogP contribution in [0.15, 0.2) is 29.3 Å². The fourth-order valence-electron chi connectivity index (χ4n) is 2.54. The van der Waals surface area contributed by atoms with E-state index in [9.17, 15) is 4.39 Å². The average molecular weight is 248 g/mol. The van der Waals surface area contributed by atoms with Crippen molar-refractivity contribution in [3.63, 3.8) is 0 Å². The van der Waals surface area contributed by atoms with Gasteiger partial charge in [-0.1, -0.05) is 31.4 Å². The molecule has 2 nitrogen and oxygen atoms in total. The van der Waals surface area contributed by atoms with E-state index >= 15 is 0 Å². The van der Waals surface area contributed by atoms with E-state index in [1.807, 2.05) is 6.92 Å².